The summed E-state index contributed by atoms with van der Waals surface area (Å²) in [7, 11) is 1.80. The van der Waals surface area contributed by atoms with Gasteiger partial charge in [0.1, 0.15) is 17.8 Å². The van der Waals surface area contributed by atoms with Gasteiger partial charge in [-0.15, -0.1) is 0 Å². The summed E-state index contributed by atoms with van der Waals surface area (Å²) in [6.07, 6.45) is 7.36. The molecule has 1 N–H and O–H groups in total. The average Bonchev–Trinajstić information content (AvgIpc) is 2.83. The van der Waals surface area contributed by atoms with Gasteiger partial charge >= 0.3 is 0 Å². The van der Waals surface area contributed by atoms with Crippen LogP contribution >= 0.6 is 0 Å². The Labute approximate surface area is 124 Å². The fourth-order valence-corrected chi connectivity index (χ4v) is 4.22. The van der Waals surface area contributed by atoms with Gasteiger partial charge < -0.3 is 14.6 Å². The number of rotatable bonds is 4. The largest absolute Gasteiger partial charge is 0.384 e. The van der Waals surface area contributed by atoms with Crippen LogP contribution in [0.1, 0.15) is 25.3 Å². The van der Waals surface area contributed by atoms with Gasteiger partial charge in [-0.05, 0) is 30.7 Å². The molecule has 0 bridgehead atoms. The number of ether oxygens (including phenoxy) is 1. The van der Waals surface area contributed by atoms with Gasteiger partial charge in [0.2, 0.25) is 0 Å². The summed E-state index contributed by atoms with van der Waals surface area (Å²) in [6, 6.07) is 0. The molecule has 2 fully saturated rings. The van der Waals surface area contributed by atoms with E-state index in [-0.39, 0.29) is 0 Å². The summed E-state index contributed by atoms with van der Waals surface area (Å²) in [4.78, 5) is 14.6. The van der Waals surface area contributed by atoms with Gasteiger partial charge in [-0.2, -0.15) is 0 Å². The first kappa shape index (κ1) is 13.1. The highest BCUT2D eigenvalue weighted by Gasteiger charge is 2.52. The topological polar surface area (TPSA) is 54.0 Å². The second-order valence-corrected chi connectivity index (χ2v) is 6.67. The van der Waals surface area contributed by atoms with Crippen molar-refractivity contribution >= 4 is 16.9 Å². The van der Waals surface area contributed by atoms with Crippen LogP contribution in [0.15, 0.2) is 12.5 Å². The quantitative estimate of drug-likeness (QED) is 0.937. The Morgan fingerprint density at radius 1 is 1.38 bits per heavy atom. The summed E-state index contributed by atoms with van der Waals surface area (Å²) in [6.45, 7) is 5.36. The number of aromatic nitrogens is 3. The van der Waals surface area contributed by atoms with Crippen LogP contribution in [0.25, 0.3) is 11.0 Å². The number of nitrogens with zero attached hydrogens (tertiary/aromatic N) is 3. The zero-order chi connectivity index (χ0) is 14.4. The molecule has 2 aromatic heterocycles. The van der Waals surface area contributed by atoms with E-state index in [1.165, 1.54) is 23.8 Å². The third-order valence-corrected chi connectivity index (χ3v) is 5.11. The summed E-state index contributed by atoms with van der Waals surface area (Å²) >= 11 is 0. The highest BCUT2D eigenvalue weighted by atomic mass is 16.5. The number of methoxy groups -OCH3 is 1. The van der Waals surface area contributed by atoms with Crippen LogP contribution in [0.5, 0.6) is 0 Å². The lowest BCUT2D eigenvalue weighted by atomic mass is 9.58. The predicted octanol–water partition coefficient (Wildman–Crippen LogP) is 2.38. The van der Waals surface area contributed by atoms with Crippen molar-refractivity contribution in [2.75, 3.05) is 31.7 Å². The first-order chi connectivity index (χ1) is 10.2. The van der Waals surface area contributed by atoms with Gasteiger partial charge in [0.05, 0.1) is 5.39 Å². The van der Waals surface area contributed by atoms with Crippen LogP contribution in [-0.2, 0) is 11.2 Å². The first-order valence-corrected chi connectivity index (χ1v) is 7.79. The van der Waals surface area contributed by atoms with Crippen molar-refractivity contribution in [3.63, 3.8) is 0 Å². The molecule has 1 saturated carbocycles. The van der Waals surface area contributed by atoms with E-state index in [0.29, 0.717) is 5.41 Å². The molecule has 4 rings (SSSR count). The van der Waals surface area contributed by atoms with Crippen molar-refractivity contribution < 1.29 is 4.74 Å². The summed E-state index contributed by atoms with van der Waals surface area (Å²) < 4.78 is 5.26. The van der Waals surface area contributed by atoms with E-state index < -0.39 is 0 Å². The summed E-state index contributed by atoms with van der Waals surface area (Å²) in [5.41, 5.74) is 2.81. The monoisotopic (exact) mass is 286 g/mol. The van der Waals surface area contributed by atoms with E-state index in [1.54, 1.807) is 13.4 Å². The zero-order valence-corrected chi connectivity index (χ0v) is 12.7. The number of hydrogen-bond acceptors (Lipinski definition) is 4. The van der Waals surface area contributed by atoms with Crippen molar-refractivity contribution in [3.8, 4) is 0 Å². The Balaban J connectivity index is 1.53. The molecule has 2 aliphatic rings. The first-order valence-electron chi connectivity index (χ1n) is 7.79. The fourth-order valence-electron chi connectivity index (χ4n) is 4.22. The van der Waals surface area contributed by atoms with Gasteiger partial charge in [-0.1, -0.05) is 6.92 Å². The maximum Gasteiger partial charge on any atom is 0.143 e. The molecule has 1 saturated heterocycles. The van der Waals surface area contributed by atoms with Crippen molar-refractivity contribution in [1.82, 2.24) is 15.0 Å². The lowest BCUT2D eigenvalue weighted by molar-refractivity contribution is -0.0181. The Morgan fingerprint density at radius 2 is 2.19 bits per heavy atom. The Hall–Kier alpha value is -1.62. The second kappa shape index (κ2) is 4.70. The summed E-state index contributed by atoms with van der Waals surface area (Å²) in [5, 5.41) is 1.21. The molecule has 5 heteroatoms. The lowest BCUT2D eigenvalue weighted by Crippen LogP contribution is -2.63. The van der Waals surface area contributed by atoms with Gasteiger partial charge in [0.15, 0.2) is 0 Å². The van der Waals surface area contributed by atoms with E-state index in [1.807, 2.05) is 0 Å². The van der Waals surface area contributed by atoms with Crippen molar-refractivity contribution in [1.29, 1.82) is 0 Å². The van der Waals surface area contributed by atoms with Crippen LogP contribution in [0.4, 0.5) is 5.82 Å². The van der Waals surface area contributed by atoms with Crippen LogP contribution in [0, 0.1) is 11.3 Å². The number of hydrogen-bond donors (Lipinski definition) is 1. The van der Waals surface area contributed by atoms with Gasteiger partial charge in [-0.25, -0.2) is 9.97 Å². The van der Waals surface area contributed by atoms with Crippen molar-refractivity contribution in [2.24, 2.45) is 11.3 Å². The van der Waals surface area contributed by atoms with E-state index in [2.05, 4.69) is 33.0 Å². The molecule has 0 aromatic carbocycles. The SMILES string of the molecule is CCc1c[nH]c2ncnc(N3CC4(CC(COC)C4)C3)c12. The van der Waals surface area contributed by atoms with Gasteiger partial charge in [-0.3, -0.25) is 0 Å². The molecule has 0 amide bonds. The number of H-pyrrole nitrogens is 1. The highest BCUT2D eigenvalue weighted by molar-refractivity contribution is 5.91. The zero-order valence-electron chi connectivity index (χ0n) is 12.7. The molecule has 2 aromatic rings. The highest BCUT2D eigenvalue weighted by Crippen LogP contribution is 2.53. The maximum absolute atomic E-state index is 5.26. The van der Waals surface area contributed by atoms with E-state index in [0.717, 1.165) is 43.5 Å². The van der Waals surface area contributed by atoms with Gasteiger partial charge in [0.25, 0.3) is 0 Å². The number of anilines is 1. The molecule has 112 valence electrons. The number of fused-ring (bicyclic) bond motifs is 1. The van der Waals surface area contributed by atoms with E-state index >= 15 is 0 Å². The fraction of sp³-hybridized carbons (Fsp3) is 0.625. The Morgan fingerprint density at radius 3 is 2.90 bits per heavy atom. The van der Waals surface area contributed by atoms with Crippen LogP contribution in [0.2, 0.25) is 0 Å². The maximum atomic E-state index is 5.26. The van der Waals surface area contributed by atoms with Crippen molar-refractivity contribution in [2.45, 2.75) is 26.2 Å². The standard InChI is InChI=1S/C16H22N4O/c1-3-12-6-17-14-13(12)15(19-10-18-14)20-8-16(9-20)4-11(5-16)7-21-2/h6,10-11H,3-5,7-9H2,1-2H3,(H,17,18,19). The van der Waals surface area contributed by atoms with Crippen LogP contribution in [0.3, 0.4) is 0 Å². The Bertz CT molecular complexity index is 651. The number of aromatic amines is 1. The Kier molecular flexibility index (Phi) is 2.92. The molecule has 1 aliphatic heterocycles. The molecule has 5 nitrogen and oxygen atoms in total. The lowest BCUT2D eigenvalue weighted by Gasteiger charge is -2.59. The molecular weight excluding hydrogens is 264 g/mol. The van der Waals surface area contributed by atoms with Gasteiger partial charge in [0, 0.05) is 38.4 Å². The minimum absolute atomic E-state index is 0.531. The molecule has 3 heterocycles. The molecule has 0 atom stereocenters. The normalized spacial score (nSPS) is 20.8. The minimum atomic E-state index is 0.531. The third-order valence-electron chi connectivity index (χ3n) is 5.11. The molecule has 1 aliphatic carbocycles. The third kappa shape index (κ3) is 1.94. The number of nitrogens with one attached hydrogen (secondary N) is 1. The minimum Gasteiger partial charge on any atom is -0.384 e. The summed E-state index contributed by atoms with van der Waals surface area (Å²) in [5.74, 6) is 1.87. The molecule has 1 spiro atoms. The molecule has 21 heavy (non-hydrogen) atoms. The van der Waals surface area contributed by atoms with E-state index in [9.17, 15) is 0 Å². The average molecular weight is 286 g/mol. The molecule has 0 radical (unpaired) electrons. The molecule has 0 unspecified atom stereocenters. The smallest absolute Gasteiger partial charge is 0.143 e. The van der Waals surface area contributed by atoms with E-state index in [4.69, 9.17) is 4.74 Å². The van der Waals surface area contributed by atoms with Crippen LogP contribution in [-0.4, -0.2) is 41.8 Å². The van der Waals surface area contributed by atoms with Crippen LogP contribution < -0.4 is 4.90 Å². The number of aryl methyl sites for hydroxylation is 1. The molecular formula is C16H22N4O. The second-order valence-electron chi connectivity index (χ2n) is 6.67. The van der Waals surface area contributed by atoms with Crippen molar-refractivity contribution in [3.05, 3.63) is 18.1 Å². The predicted molar refractivity (Wildman–Crippen MR) is 82.5 cm³/mol.